The Morgan fingerprint density at radius 2 is 2.11 bits per heavy atom. The van der Waals surface area contributed by atoms with E-state index in [9.17, 15) is 10.1 Å². The highest BCUT2D eigenvalue weighted by Crippen LogP contribution is 2.38. The number of morpholine rings is 1. The quantitative estimate of drug-likeness (QED) is 0.485. The van der Waals surface area contributed by atoms with Crippen LogP contribution in [0.5, 0.6) is 5.75 Å². The molecule has 3 aromatic rings. The van der Waals surface area contributed by atoms with Gasteiger partial charge >= 0.3 is 6.03 Å². The summed E-state index contributed by atoms with van der Waals surface area (Å²) in [7, 11) is 0. The molecule has 0 saturated carbocycles. The van der Waals surface area contributed by atoms with Crippen LogP contribution in [-0.4, -0.2) is 59.7 Å². The molecule has 9 heteroatoms. The Balaban J connectivity index is 1.36. The van der Waals surface area contributed by atoms with Crippen LogP contribution in [0.4, 0.5) is 4.79 Å². The zero-order valence-corrected chi connectivity index (χ0v) is 20.3. The third kappa shape index (κ3) is 4.86. The Kier molecular flexibility index (Phi) is 6.78. The van der Waals surface area contributed by atoms with Crippen LogP contribution < -0.4 is 4.74 Å². The molecule has 1 aliphatic carbocycles. The molecule has 2 aliphatic rings. The number of carbonyl (C=O) groups is 1. The van der Waals surface area contributed by atoms with Gasteiger partial charge in [-0.15, -0.1) is 0 Å². The van der Waals surface area contributed by atoms with Gasteiger partial charge in [-0.3, -0.25) is 0 Å². The van der Waals surface area contributed by atoms with Crippen molar-refractivity contribution < 1.29 is 18.8 Å². The molecule has 2 aromatic carbocycles. The third-order valence-electron chi connectivity index (χ3n) is 6.34. The van der Waals surface area contributed by atoms with E-state index in [2.05, 4.69) is 27.3 Å². The van der Waals surface area contributed by atoms with E-state index in [-0.39, 0.29) is 18.1 Å². The molecule has 9 nitrogen and oxygen atoms in total. The van der Waals surface area contributed by atoms with Gasteiger partial charge in [0.15, 0.2) is 0 Å². The van der Waals surface area contributed by atoms with E-state index in [0.29, 0.717) is 54.9 Å². The topological polar surface area (TPSA) is 114 Å². The number of urea groups is 1. The molecule has 1 aromatic heterocycles. The number of amides is 2. The number of ether oxygens (including phenoxy) is 2. The highest BCUT2D eigenvalue weighted by atomic mass is 16.5. The molecule has 2 heterocycles. The summed E-state index contributed by atoms with van der Waals surface area (Å²) in [6, 6.07) is 13.2. The second kappa shape index (κ2) is 10.3. The fourth-order valence-corrected chi connectivity index (χ4v) is 4.60. The van der Waals surface area contributed by atoms with Gasteiger partial charge in [-0.1, -0.05) is 23.4 Å². The highest BCUT2D eigenvalue weighted by Gasteiger charge is 2.26. The van der Waals surface area contributed by atoms with E-state index in [1.54, 1.807) is 23.2 Å². The van der Waals surface area contributed by atoms with Crippen molar-refractivity contribution in [2.75, 3.05) is 26.3 Å². The van der Waals surface area contributed by atoms with E-state index >= 15 is 0 Å². The van der Waals surface area contributed by atoms with Crippen molar-refractivity contribution >= 4 is 12.2 Å². The molecule has 1 aliphatic heterocycles. The van der Waals surface area contributed by atoms with Crippen molar-refractivity contribution in [3.8, 4) is 34.7 Å². The summed E-state index contributed by atoms with van der Waals surface area (Å²) in [5.74, 6) is 1.41. The first-order valence-corrected chi connectivity index (χ1v) is 12.1. The van der Waals surface area contributed by atoms with Gasteiger partial charge in [-0.05, 0) is 56.0 Å². The van der Waals surface area contributed by atoms with E-state index in [1.165, 1.54) is 0 Å². The molecule has 0 radical (unpaired) electrons. The van der Waals surface area contributed by atoms with Crippen molar-refractivity contribution in [1.29, 1.82) is 5.26 Å². The van der Waals surface area contributed by atoms with Crippen LogP contribution in [0, 0.1) is 11.3 Å². The first-order chi connectivity index (χ1) is 17.5. The van der Waals surface area contributed by atoms with E-state index in [1.807, 2.05) is 32.0 Å². The number of aromatic nitrogens is 2. The number of carbonyl (C=O) groups excluding carboxylic acids is 1. The number of aliphatic imine (C=N–C) groups is 1. The predicted molar refractivity (Wildman–Crippen MR) is 133 cm³/mol. The van der Waals surface area contributed by atoms with Gasteiger partial charge in [0, 0.05) is 36.3 Å². The lowest BCUT2D eigenvalue weighted by atomic mass is 9.99. The summed E-state index contributed by atoms with van der Waals surface area (Å²) in [6.45, 7) is 6.08. The van der Waals surface area contributed by atoms with Crippen molar-refractivity contribution in [2.45, 2.75) is 38.7 Å². The van der Waals surface area contributed by atoms with Crippen LogP contribution >= 0.6 is 0 Å². The molecule has 1 unspecified atom stereocenters. The van der Waals surface area contributed by atoms with Crippen molar-refractivity contribution in [3.63, 3.8) is 0 Å². The summed E-state index contributed by atoms with van der Waals surface area (Å²) in [6.07, 6.45) is 3.42. The van der Waals surface area contributed by atoms with Crippen LogP contribution in [0.2, 0.25) is 0 Å². The molecule has 1 atom stereocenters. The Hall–Kier alpha value is -4.03. The molecule has 5 rings (SSSR count). The minimum atomic E-state index is -0.215. The maximum atomic E-state index is 12.4. The second-order valence-electron chi connectivity index (χ2n) is 9.09. The average molecular weight is 486 g/mol. The predicted octanol–water partition coefficient (Wildman–Crippen LogP) is 4.62. The summed E-state index contributed by atoms with van der Waals surface area (Å²) < 4.78 is 16.6. The van der Waals surface area contributed by atoms with Crippen molar-refractivity contribution in [3.05, 3.63) is 53.1 Å². The minimum Gasteiger partial charge on any atom is -0.490 e. The zero-order valence-electron chi connectivity index (χ0n) is 20.3. The Morgan fingerprint density at radius 1 is 1.28 bits per heavy atom. The summed E-state index contributed by atoms with van der Waals surface area (Å²) >= 11 is 0. The molecular weight excluding hydrogens is 458 g/mol. The Labute approximate surface area is 209 Å². The van der Waals surface area contributed by atoms with Crippen LogP contribution in [0.3, 0.4) is 0 Å². The number of fused-ring (bicyclic) bond motifs is 1. The molecule has 1 saturated heterocycles. The number of rotatable bonds is 5. The minimum absolute atomic E-state index is 0.0375. The largest absolute Gasteiger partial charge is 0.490 e. The van der Waals surface area contributed by atoms with Crippen molar-refractivity contribution in [1.82, 2.24) is 15.0 Å². The maximum absolute atomic E-state index is 12.4. The molecule has 0 N–H and O–H groups in total. The number of hydrogen-bond donors (Lipinski definition) is 0. The van der Waals surface area contributed by atoms with E-state index in [4.69, 9.17) is 14.0 Å². The molecule has 36 heavy (non-hydrogen) atoms. The van der Waals surface area contributed by atoms with Gasteiger partial charge in [0.05, 0.1) is 24.9 Å². The van der Waals surface area contributed by atoms with Gasteiger partial charge in [0.25, 0.3) is 5.89 Å². The number of nitriles is 1. The van der Waals surface area contributed by atoms with Crippen LogP contribution in [0.1, 0.15) is 42.9 Å². The zero-order chi connectivity index (χ0) is 25.1. The van der Waals surface area contributed by atoms with Gasteiger partial charge in [0.2, 0.25) is 5.82 Å². The SMILES string of the molecule is CC(C)Oc1ccc(-c2nc(-c3cccc4c3CCC4C=NC(=O)N3CCOCC3)no2)cc1C#N. The van der Waals surface area contributed by atoms with E-state index in [0.717, 1.165) is 29.5 Å². The average Bonchev–Trinajstić information content (AvgIpc) is 3.55. The van der Waals surface area contributed by atoms with Crippen LogP contribution in [0.25, 0.3) is 22.8 Å². The fraction of sp³-hybridized carbons (Fsp3) is 0.370. The Bertz CT molecular complexity index is 1330. The number of nitrogens with zero attached hydrogens (tertiary/aromatic N) is 5. The maximum Gasteiger partial charge on any atom is 0.343 e. The smallest absolute Gasteiger partial charge is 0.343 e. The van der Waals surface area contributed by atoms with Crippen molar-refractivity contribution in [2.24, 2.45) is 4.99 Å². The van der Waals surface area contributed by atoms with Gasteiger partial charge < -0.3 is 18.9 Å². The standard InChI is InChI=1S/C27H27N5O4/c1-17(2)35-24-9-7-18(14-20(24)15-28)26-30-25(31-36-26)23-5-3-4-21-19(6-8-22(21)23)16-29-27(33)32-10-12-34-13-11-32/h3-5,7,9,14,16-17,19H,6,8,10-13H2,1-2H3. The first-order valence-electron chi connectivity index (χ1n) is 12.1. The second-order valence-corrected chi connectivity index (χ2v) is 9.09. The molecule has 184 valence electrons. The summed E-state index contributed by atoms with van der Waals surface area (Å²) in [5, 5.41) is 13.8. The lowest BCUT2D eigenvalue weighted by Crippen LogP contribution is -2.39. The summed E-state index contributed by atoms with van der Waals surface area (Å²) in [5.41, 5.74) is 4.23. The number of hydrogen-bond acceptors (Lipinski definition) is 7. The van der Waals surface area contributed by atoms with Gasteiger partial charge in [-0.2, -0.15) is 10.2 Å². The molecule has 0 spiro atoms. The van der Waals surface area contributed by atoms with Gasteiger partial charge in [-0.25, -0.2) is 9.79 Å². The number of benzene rings is 2. The van der Waals surface area contributed by atoms with Crippen LogP contribution in [0.15, 0.2) is 45.9 Å². The molecular formula is C27H27N5O4. The van der Waals surface area contributed by atoms with Gasteiger partial charge in [0.1, 0.15) is 11.8 Å². The fourth-order valence-electron chi connectivity index (χ4n) is 4.60. The van der Waals surface area contributed by atoms with E-state index < -0.39 is 0 Å². The highest BCUT2D eigenvalue weighted by molar-refractivity contribution is 5.87. The Morgan fingerprint density at radius 3 is 2.89 bits per heavy atom. The monoisotopic (exact) mass is 485 g/mol. The lowest BCUT2D eigenvalue weighted by molar-refractivity contribution is 0.0555. The molecule has 1 fully saturated rings. The summed E-state index contributed by atoms with van der Waals surface area (Å²) in [4.78, 5) is 23.0. The molecule has 0 bridgehead atoms. The first kappa shape index (κ1) is 23.7. The normalized spacial score (nSPS) is 17.4. The third-order valence-corrected chi connectivity index (χ3v) is 6.34. The lowest BCUT2D eigenvalue weighted by Gasteiger charge is -2.24. The van der Waals surface area contributed by atoms with Crippen LogP contribution in [-0.2, 0) is 11.2 Å². The molecule has 2 amide bonds.